The topological polar surface area (TPSA) is 60.4 Å². The molecule has 0 N–H and O–H groups in total. The van der Waals surface area contributed by atoms with Crippen LogP contribution in [0, 0.1) is 6.92 Å². The first kappa shape index (κ1) is 18.5. The van der Waals surface area contributed by atoms with E-state index in [0.717, 1.165) is 11.3 Å². The standard InChI is InChI=1S/C21H22N2O4/c1-13-6-8-16(9-7-13)23-21(24)17(14(2)22-23)10-15-11-19(26-4)20(27-5)12-18(15)25-3/h6-12H,1-5H3. The number of hydrogen-bond donors (Lipinski definition) is 0. The lowest BCUT2D eigenvalue weighted by atomic mass is 10.1. The zero-order chi connectivity index (χ0) is 19.6. The van der Waals surface area contributed by atoms with Gasteiger partial charge in [-0.3, -0.25) is 4.79 Å². The molecule has 6 heteroatoms. The summed E-state index contributed by atoms with van der Waals surface area (Å²) in [5.74, 6) is 1.50. The van der Waals surface area contributed by atoms with Crippen LogP contribution in [0.4, 0.5) is 5.69 Å². The molecule has 0 saturated heterocycles. The number of carbonyl (C=O) groups is 1. The van der Waals surface area contributed by atoms with Crippen LogP contribution in [0.15, 0.2) is 47.1 Å². The predicted octanol–water partition coefficient (Wildman–Crippen LogP) is 3.83. The van der Waals surface area contributed by atoms with Crippen molar-refractivity contribution in [1.82, 2.24) is 0 Å². The van der Waals surface area contributed by atoms with E-state index < -0.39 is 0 Å². The van der Waals surface area contributed by atoms with Crippen molar-refractivity contribution < 1.29 is 19.0 Å². The number of amides is 1. The minimum absolute atomic E-state index is 0.187. The molecular formula is C21H22N2O4. The number of aryl methyl sites for hydroxylation is 1. The quantitative estimate of drug-likeness (QED) is 0.755. The van der Waals surface area contributed by atoms with Gasteiger partial charge in [0.25, 0.3) is 5.91 Å². The van der Waals surface area contributed by atoms with Crippen LogP contribution in [0.2, 0.25) is 0 Å². The number of hydrogen-bond acceptors (Lipinski definition) is 5. The van der Waals surface area contributed by atoms with Crippen molar-refractivity contribution in [3.63, 3.8) is 0 Å². The fourth-order valence-corrected chi connectivity index (χ4v) is 2.87. The van der Waals surface area contributed by atoms with Crippen LogP contribution in [-0.4, -0.2) is 32.9 Å². The molecule has 2 aromatic rings. The summed E-state index contributed by atoms with van der Waals surface area (Å²) >= 11 is 0. The first-order valence-electron chi connectivity index (χ1n) is 8.47. The van der Waals surface area contributed by atoms with E-state index >= 15 is 0 Å². The van der Waals surface area contributed by atoms with Gasteiger partial charge in [-0.1, -0.05) is 17.7 Å². The number of rotatable bonds is 5. The Morgan fingerprint density at radius 2 is 1.48 bits per heavy atom. The first-order chi connectivity index (χ1) is 13.0. The molecule has 1 aliphatic heterocycles. The van der Waals surface area contributed by atoms with Gasteiger partial charge in [-0.25, -0.2) is 0 Å². The maximum atomic E-state index is 12.9. The molecule has 0 saturated carbocycles. The zero-order valence-corrected chi connectivity index (χ0v) is 16.1. The average Bonchev–Trinajstić information content (AvgIpc) is 2.96. The van der Waals surface area contributed by atoms with Gasteiger partial charge in [0, 0.05) is 11.6 Å². The van der Waals surface area contributed by atoms with Crippen LogP contribution >= 0.6 is 0 Å². The van der Waals surface area contributed by atoms with Crippen molar-refractivity contribution in [2.75, 3.05) is 26.3 Å². The second-order valence-corrected chi connectivity index (χ2v) is 6.15. The lowest BCUT2D eigenvalue weighted by Crippen LogP contribution is -2.21. The number of nitrogens with zero attached hydrogens (tertiary/aromatic N) is 2. The van der Waals surface area contributed by atoms with Crippen molar-refractivity contribution >= 4 is 23.4 Å². The van der Waals surface area contributed by atoms with E-state index in [2.05, 4.69) is 5.10 Å². The maximum absolute atomic E-state index is 12.9. The summed E-state index contributed by atoms with van der Waals surface area (Å²) in [6.07, 6.45) is 1.76. The molecular weight excluding hydrogens is 344 g/mol. The van der Waals surface area contributed by atoms with Crippen LogP contribution in [0.25, 0.3) is 6.08 Å². The smallest absolute Gasteiger partial charge is 0.280 e. The SMILES string of the molecule is COc1cc(OC)c(OC)cc1C=C1C(=O)N(c2ccc(C)cc2)N=C1C. The van der Waals surface area contributed by atoms with Gasteiger partial charge < -0.3 is 14.2 Å². The van der Waals surface area contributed by atoms with Crippen LogP contribution in [-0.2, 0) is 4.79 Å². The third kappa shape index (κ3) is 3.51. The molecule has 1 amide bonds. The highest BCUT2D eigenvalue weighted by Gasteiger charge is 2.29. The lowest BCUT2D eigenvalue weighted by molar-refractivity contribution is -0.114. The molecule has 3 rings (SSSR count). The maximum Gasteiger partial charge on any atom is 0.280 e. The zero-order valence-electron chi connectivity index (χ0n) is 16.1. The number of anilines is 1. The highest BCUT2D eigenvalue weighted by Crippen LogP contribution is 2.36. The van der Waals surface area contributed by atoms with E-state index in [9.17, 15) is 4.79 Å². The van der Waals surface area contributed by atoms with E-state index in [1.54, 1.807) is 39.5 Å². The van der Waals surface area contributed by atoms with Gasteiger partial charge in [0.1, 0.15) is 5.75 Å². The second kappa shape index (κ2) is 7.53. The number of ether oxygens (including phenoxy) is 3. The summed E-state index contributed by atoms with van der Waals surface area (Å²) in [5, 5.41) is 5.82. The first-order valence-corrected chi connectivity index (χ1v) is 8.47. The third-order valence-electron chi connectivity index (χ3n) is 4.38. The molecule has 1 heterocycles. The number of carbonyl (C=O) groups excluding carboxylic acids is 1. The molecule has 0 radical (unpaired) electrons. The van der Waals surface area contributed by atoms with Gasteiger partial charge in [-0.15, -0.1) is 0 Å². The molecule has 2 aromatic carbocycles. The fourth-order valence-electron chi connectivity index (χ4n) is 2.87. The molecule has 1 aliphatic rings. The van der Waals surface area contributed by atoms with E-state index in [4.69, 9.17) is 14.2 Å². The Kier molecular flexibility index (Phi) is 5.16. The molecule has 0 spiro atoms. The van der Waals surface area contributed by atoms with E-state index in [1.165, 1.54) is 5.01 Å². The van der Waals surface area contributed by atoms with Crippen molar-refractivity contribution in [1.29, 1.82) is 0 Å². The summed E-state index contributed by atoms with van der Waals surface area (Å²) < 4.78 is 16.1. The van der Waals surface area contributed by atoms with E-state index in [-0.39, 0.29) is 5.91 Å². The normalized spacial score (nSPS) is 15.1. The summed E-state index contributed by atoms with van der Waals surface area (Å²) in [6, 6.07) is 11.2. The van der Waals surface area contributed by atoms with Crippen LogP contribution in [0.1, 0.15) is 18.1 Å². The van der Waals surface area contributed by atoms with E-state index in [1.807, 2.05) is 38.1 Å². The van der Waals surface area contributed by atoms with Crippen LogP contribution in [0.5, 0.6) is 17.2 Å². The fraction of sp³-hybridized carbons (Fsp3) is 0.238. The van der Waals surface area contributed by atoms with Crippen molar-refractivity contribution in [3.8, 4) is 17.2 Å². The monoisotopic (exact) mass is 366 g/mol. The van der Waals surface area contributed by atoms with Gasteiger partial charge in [0.05, 0.1) is 38.3 Å². The number of benzene rings is 2. The minimum atomic E-state index is -0.187. The molecule has 0 aliphatic carbocycles. The van der Waals surface area contributed by atoms with E-state index in [0.29, 0.717) is 34.1 Å². The summed E-state index contributed by atoms with van der Waals surface area (Å²) in [6.45, 7) is 3.81. The average molecular weight is 366 g/mol. The van der Waals surface area contributed by atoms with Crippen LogP contribution in [0.3, 0.4) is 0 Å². The number of methoxy groups -OCH3 is 3. The van der Waals surface area contributed by atoms with Gasteiger partial charge in [0.2, 0.25) is 0 Å². The van der Waals surface area contributed by atoms with Gasteiger partial charge in [-0.05, 0) is 38.1 Å². The largest absolute Gasteiger partial charge is 0.496 e. The van der Waals surface area contributed by atoms with Crippen molar-refractivity contribution in [2.45, 2.75) is 13.8 Å². The molecule has 6 nitrogen and oxygen atoms in total. The highest BCUT2D eigenvalue weighted by molar-refractivity contribution is 6.32. The Hall–Kier alpha value is -3.28. The molecule has 0 fully saturated rings. The molecule has 0 bridgehead atoms. The van der Waals surface area contributed by atoms with Gasteiger partial charge in [-0.2, -0.15) is 10.1 Å². The summed E-state index contributed by atoms with van der Waals surface area (Å²) in [5.41, 5.74) is 3.70. The molecule has 27 heavy (non-hydrogen) atoms. The van der Waals surface area contributed by atoms with Gasteiger partial charge >= 0.3 is 0 Å². The Balaban J connectivity index is 2.01. The Morgan fingerprint density at radius 1 is 0.889 bits per heavy atom. The van der Waals surface area contributed by atoms with Gasteiger partial charge in [0.15, 0.2) is 11.5 Å². The van der Waals surface area contributed by atoms with Crippen LogP contribution < -0.4 is 19.2 Å². The summed E-state index contributed by atoms with van der Waals surface area (Å²) in [4.78, 5) is 12.9. The Bertz CT molecular complexity index is 930. The number of hydrazone groups is 1. The molecule has 0 aromatic heterocycles. The third-order valence-corrected chi connectivity index (χ3v) is 4.38. The minimum Gasteiger partial charge on any atom is -0.496 e. The summed E-state index contributed by atoms with van der Waals surface area (Å²) in [7, 11) is 4.69. The van der Waals surface area contributed by atoms with Crippen molar-refractivity contribution in [2.24, 2.45) is 5.10 Å². The molecule has 0 unspecified atom stereocenters. The molecule has 140 valence electrons. The lowest BCUT2D eigenvalue weighted by Gasteiger charge is -2.13. The molecule has 0 atom stereocenters. The Morgan fingerprint density at radius 3 is 2.07 bits per heavy atom. The second-order valence-electron chi connectivity index (χ2n) is 6.15. The predicted molar refractivity (Wildman–Crippen MR) is 106 cm³/mol. The van der Waals surface area contributed by atoms with Crippen molar-refractivity contribution in [3.05, 3.63) is 53.1 Å². The highest BCUT2D eigenvalue weighted by atomic mass is 16.5. The Labute approximate surface area is 158 Å².